The van der Waals surface area contributed by atoms with Crippen molar-refractivity contribution in [3.63, 3.8) is 0 Å². The average molecular weight is 667 g/mol. The van der Waals surface area contributed by atoms with E-state index in [1.807, 2.05) is 62.3 Å². The summed E-state index contributed by atoms with van der Waals surface area (Å²) in [6.07, 6.45) is 0. The fourth-order valence-electron chi connectivity index (χ4n) is 4.82. The van der Waals surface area contributed by atoms with Crippen LogP contribution in [0.5, 0.6) is 0 Å². The lowest BCUT2D eigenvalue weighted by Crippen LogP contribution is -2.13. The molecule has 0 aromatic heterocycles. The quantitative estimate of drug-likeness (QED) is 0.206. The third kappa shape index (κ3) is 7.11. The Bertz CT molecular complexity index is 1780. The smallest absolute Gasteiger partial charge is 0.206 e. The second kappa shape index (κ2) is 11.5. The summed E-state index contributed by atoms with van der Waals surface area (Å²) in [7, 11) is -12.9. The molecule has 0 bridgehead atoms. The molecular weight excluding hydrogens is 625 g/mol. The molecule has 0 aliphatic carbocycles. The maximum atomic E-state index is 13.9. The van der Waals surface area contributed by atoms with Crippen molar-refractivity contribution in [3.8, 4) is 0 Å². The molecule has 0 fully saturated rings. The fraction of sp³-hybridized carbons (Fsp3) is 0.333. The number of sulfone groups is 3. The molecule has 4 rings (SSSR count). The number of hydrogen-bond acceptors (Lipinski definition) is 6. The van der Waals surface area contributed by atoms with E-state index in [2.05, 4.69) is 0 Å². The molecule has 4 aromatic rings. The normalized spacial score (nSPS) is 13.5. The molecule has 6 nitrogen and oxygen atoms in total. The molecule has 0 saturated carbocycles. The lowest BCUT2D eigenvalue weighted by Gasteiger charge is -2.20. The zero-order valence-electron chi connectivity index (χ0n) is 27.3. The number of benzene rings is 4. The minimum atomic E-state index is -4.31. The van der Waals surface area contributed by atoms with Gasteiger partial charge in [-0.25, -0.2) is 25.3 Å². The molecule has 0 heterocycles. The summed E-state index contributed by atoms with van der Waals surface area (Å²) in [5.41, 5.74) is 2.09. The van der Waals surface area contributed by atoms with E-state index < -0.39 is 44.2 Å². The van der Waals surface area contributed by atoms with Gasteiger partial charge in [0.15, 0.2) is 0 Å². The first-order chi connectivity index (χ1) is 20.4. The number of rotatable bonds is 6. The first kappa shape index (κ1) is 34.6. The van der Waals surface area contributed by atoms with E-state index in [4.69, 9.17) is 0 Å². The van der Waals surface area contributed by atoms with Crippen LogP contribution in [0.2, 0.25) is 0 Å². The molecule has 45 heavy (non-hydrogen) atoms. The van der Waals surface area contributed by atoms with Gasteiger partial charge in [0.1, 0.15) is 0 Å². The van der Waals surface area contributed by atoms with E-state index in [1.165, 1.54) is 36.4 Å². The first-order valence-electron chi connectivity index (χ1n) is 14.7. The highest BCUT2D eigenvalue weighted by Crippen LogP contribution is 2.34. The Morgan fingerprint density at radius 2 is 0.489 bits per heavy atom. The highest BCUT2D eigenvalue weighted by molar-refractivity contribution is 7.93. The number of hydrogen-bond donors (Lipinski definition) is 0. The summed E-state index contributed by atoms with van der Waals surface area (Å²) < 4.78 is 83.7. The summed E-state index contributed by atoms with van der Waals surface area (Å²) in [6, 6.07) is 22.1. The van der Waals surface area contributed by atoms with Crippen LogP contribution >= 0.6 is 0 Å². The zero-order valence-corrected chi connectivity index (χ0v) is 29.8. The molecule has 0 spiro atoms. The van der Waals surface area contributed by atoms with Crippen LogP contribution in [0.3, 0.4) is 0 Å². The average Bonchev–Trinajstić information content (AvgIpc) is 2.95. The van der Waals surface area contributed by atoms with Crippen molar-refractivity contribution in [1.29, 1.82) is 0 Å². The van der Waals surface area contributed by atoms with Gasteiger partial charge in [-0.2, -0.15) is 0 Å². The summed E-state index contributed by atoms with van der Waals surface area (Å²) in [5.74, 6) is 0. The highest BCUT2D eigenvalue weighted by Gasteiger charge is 2.29. The molecule has 0 amide bonds. The van der Waals surface area contributed by atoms with Crippen molar-refractivity contribution in [3.05, 3.63) is 108 Å². The van der Waals surface area contributed by atoms with Gasteiger partial charge in [0.05, 0.1) is 29.4 Å². The summed E-state index contributed by atoms with van der Waals surface area (Å²) in [5, 5.41) is 0. The van der Waals surface area contributed by atoms with Gasteiger partial charge in [0.2, 0.25) is 29.5 Å². The van der Waals surface area contributed by atoms with E-state index in [-0.39, 0.29) is 30.9 Å². The standard InChI is InChI=1S/C36H42O6S3/c1-34(2,3)25-10-16-28(17-11-25)43(37,38)31-22-32(44(39,40)29-18-12-26(13-19-29)35(4,5)6)24-33(23-31)45(41,42)30-20-14-27(15-21-30)36(7,8)9/h10-24H,1-9H3. The molecule has 0 radical (unpaired) electrons. The van der Waals surface area contributed by atoms with Crippen LogP contribution in [0, 0.1) is 0 Å². The van der Waals surface area contributed by atoms with E-state index >= 15 is 0 Å². The van der Waals surface area contributed by atoms with Gasteiger partial charge in [0.25, 0.3) is 0 Å². The molecule has 9 heteroatoms. The van der Waals surface area contributed by atoms with Crippen LogP contribution in [0.15, 0.2) is 120 Å². The predicted molar refractivity (Wildman–Crippen MR) is 178 cm³/mol. The Hall–Kier alpha value is -3.27. The molecule has 240 valence electrons. The van der Waals surface area contributed by atoms with Crippen LogP contribution in [0.4, 0.5) is 0 Å². The molecular formula is C36H42O6S3. The van der Waals surface area contributed by atoms with Crippen LogP contribution in [-0.2, 0) is 45.8 Å². The molecule has 0 unspecified atom stereocenters. The van der Waals surface area contributed by atoms with E-state index in [1.54, 1.807) is 36.4 Å². The Balaban J connectivity index is 1.94. The van der Waals surface area contributed by atoms with Crippen molar-refractivity contribution in [1.82, 2.24) is 0 Å². The topological polar surface area (TPSA) is 102 Å². The summed E-state index contributed by atoms with van der Waals surface area (Å²) in [6.45, 7) is 18.0. The van der Waals surface area contributed by atoms with Gasteiger partial charge in [0, 0.05) is 0 Å². The van der Waals surface area contributed by atoms with Crippen LogP contribution in [-0.4, -0.2) is 25.3 Å². The highest BCUT2D eigenvalue weighted by atomic mass is 32.2. The largest absolute Gasteiger partial charge is 0.219 e. The second-order valence-electron chi connectivity index (χ2n) is 14.5. The van der Waals surface area contributed by atoms with E-state index in [0.29, 0.717) is 0 Å². The molecule has 0 aliphatic heterocycles. The molecule has 4 aromatic carbocycles. The second-order valence-corrected chi connectivity index (χ2v) is 20.3. The van der Waals surface area contributed by atoms with Gasteiger partial charge in [-0.3, -0.25) is 0 Å². The zero-order chi connectivity index (χ0) is 33.8. The van der Waals surface area contributed by atoms with Gasteiger partial charge in [-0.05, 0) is 87.5 Å². The van der Waals surface area contributed by atoms with Crippen molar-refractivity contribution < 1.29 is 25.3 Å². The first-order valence-corrected chi connectivity index (χ1v) is 19.1. The summed E-state index contributed by atoms with van der Waals surface area (Å²) in [4.78, 5) is -1.50. The fourth-order valence-corrected chi connectivity index (χ4v) is 9.04. The van der Waals surface area contributed by atoms with Crippen LogP contribution < -0.4 is 0 Å². The van der Waals surface area contributed by atoms with Crippen LogP contribution in [0.1, 0.15) is 79.0 Å². The van der Waals surface area contributed by atoms with Crippen molar-refractivity contribution in [2.45, 2.75) is 108 Å². The lowest BCUT2D eigenvalue weighted by molar-refractivity contribution is 0.583. The van der Waals surface area contributed by atoms with Gasteiger partial charge >= 0.3 is 0 Å². The molecule has 0 N–H and O–H groups in total. The van der Waals surface area contributed by atoms with Crippen molar-refractivity contribution in [2.24, 2.45) is 0 Å². The monoisotopic (exact) mass is 666 g/mol. The lowest BCUT2D eigenvalue weighted by atomic mass is 9.87. The van der Waals surface area contributed by atoms with E-state index in [0.717, 1.165) is 34.9 Å². The maximum Gasteiger partial charge on any atom is 0.206 e. The van der Waals surface area contributed by atoms with Crippen molar-refractivity contribution >= 4 is 29.5 Å². The predicted octanol–water partition coefficient (Wildman–Crippen LogP) is 8.08. The summed E-state index contributed by atoms with van der Waals surface area (Å²) >= 11 is 0. The molecule has 0 atom stereocenters. The molecule has 0 saturated heterocycles. The minimum absolute atomic E-state index is 0.0718. The third-order valence-electron chi connectivity index (χ3n) is 7.88. The van der Waals surface area contributed by atoms with E-state index in [9.17, 15) is 25.3 Å². The van der Waals surface area contributed by atoms with Gasteiger partial charge in [-0.1, -0.05) is 98.7 Å². The Labute approximate surface area is 269 Å². The maximum absolute atomic E-state index is 13.9. The Morgan fingerprint density at radius 3 is 0.644 bits per heavy atom. The Kier molecular flexibility index (Phi) is 8.85. The van der Waals surface area contributed by atoms with Gasteiger partial charge in [-0.15, -0.1) is 0 Å². The minimum Gasteiger partial charge on any atom is -0.219 e. The third-order valence-corrected chi connectivity index (χ3v) is 13.1. The SMILES string of the molecule is CC(C)(C)c1ccc(S(=O)(=O)c2cc(S(=O)(=O)c3ccc(C(C)(C)C)cc3)cc(S(=O)(=O)c3ccc(C(C)(C)C)cc3)c2)cc1. The van der Waals surface area contributed by atoms with Gasteiger partial charge < -0.3 is 0 Å². The van der Waals surface area contributed by atoms with Crippen molar-refractivity contribution in [2.75, 3.05) is 0 Å². The Morgan fingerprint density at radius 1 is 0.311 bits per heavy atom. The van der Waals surface area contributed by atoms with Crippen LogP contribution in [0.25, 0.3) is 0 Å². The molecule has 0 aliphatic rings.